The largest absolute Gasteiger partial charge is 0.446 e. The summed E-state index contributed by atoms with van der Waals surface area (Å²) in [6, 6.07) is 2.19. The Hall–Kier alpha value is -2.34. The van der Waals surface area contributed by atoms with Crippen molar-refractivity contribution in [2.75, 3.05) is 18.4 Å². The van der Waals surface area contributed by atoms with E-state index in [-0.39, 0.29) is 41.4 Å². The number of carbonyl (C=O) groups is 2. The summed E-state index contributed by atoms with van der Waals surface area (Å²) in [6.45, 7) is 1.21. The van der Waals surface area contributed by atoms with Crippen LogP contribution in [0.2, 0.25) is 0 Å². The molecule has 29 heavy (non-hydrogen) atoms. The molecule has 0 radical (unpaired) electrons. The van der Waals surface area contributed by atoms with Crippen molar-refractivity contribution in [3.8, 4) is 6.07 Å². The maximum atomic E-state index is 12.8. The molecule has 9 heteroatoms. The molecule has 1 aliphatic heterocycles. The molecule has 2 heterocycles. The third-order valence-corrected chi connectivity index (χ3v) is 8.17. The molecule has 0 aromatic carbocycles. The molecule has 5 fully saturated rings. The monoisotopic (exact) mass is 415 g/mol. The van der Waals surface area contributed by atoms with E-state index in [1.807, 2.05) is 0 Å². The summed E-state index contributed by atoms with van der Waals surface area (Å²) in [7, 11) is 0. The third-order valence-electron chi connectivity index (χ3n) is 7.34. The van der Waals surface area contributed by atoms with E-state index in [2.05, 4.69) is 16.4 Å². The summed E-state index contributed by atoms with van der Waals surface area (Å²) in [5.74, 6) is 0.895. The number of ether oxygens (including phenoxy) is 1. The van der Waals surface area contributed by atoms with Crippen molar-refractivity contribution in [2.24, 2.45) is 28.9 Å². The molecule has 5 aliphatic rings. The Morgan fingerprint density at radius 2 is 2.10 bits per heavy atom. The Labute approximate surface area is 173 Å². The fourth-order valence-electron chi connectivity index (χ4n) is 6.27. The Morgan fingerprint density at radius 3 is 2.76 bits per heavy atom. The number of nitrogens with two attached hydrogens (primary N) is 1. The highest BCUT2D eigenvalue weighted by Crippen LogP contribution is 2.60. The van der Waals surface area contributed by atoms with Crippen molar-refractivity contribution < 1.29 is 14.3 Å². The highest BCUT2D eigenvalue weighted by atomic mass is 32.1. The normalized spacial score (nSPS) is 37.3. The fraction of sp³-hybridized carbons (Fsp3) is 0.700. The van der Waals surface area contributed by atoms with Gasteiger partial charge in [-0.2, -0.15) is 5.26 Å². The summed E-state index contributed by atoms with van der Waals surface area (Å²) >= 11 is 1.32. The van der Waals surface area contributed by atoms with Crippen molar-refractivity contribution in [2.45, 2.75) is 50.7 Å². The van der Waals surface area contributed by atoms with E-state index in [4.69, 9.17) is 15.7 Å². The minimum absolute atomic E-state index is 0.0873. The van der Waals surface area contributed by atoms with Gasteiger partial charge in [-0.1, -0.05) is 11.3 Å². The van der Waals surface area contributed by atoms with E-state index in [0.29, 0.717) is 29.0 Å². The van der Waals surface area contributed by atoms with Crippen molar-refractivity contribution in [1.82, 2.24) is 9.88 Å². The number of carbonyl (C=O) groups excluding carboxylic acids is 2. The van der Waals surface area contributed by atoms with Gasteiger partial charge in [0.05, 0.1) is 11.6 Å². The first-order valence-corrected chi connectivity index (χ1v) is 11.2. The zero-order valence-corrected chi connectivity index (χ0v) is 17.0. The van der Waals surface area contributed by atoms with E-state index in [1.54, 1.807) is 11.1 Å². The van der Waals surface area contributed by atoms with E-state index < -0.39 is 0 Å². The van der Waals surface area contributed by atoms with Gasteiger partial charge in [0.2, 0.25) is 5.91 Å². The number of nitriles is 1. The number of aromatic nitrogens is 1. The summed E-state index contributed by atoms with van der Waals surface area (Å²) in [5.41, 5.74) is 5.38. The van der Waals surface area contributed by atoms with E-state index in [0.717, 1.165) is 38.5 Å². The molecule has 3 N–H and O–H groups in total. The second kappa shape index (κ2) is 6.87. The molecule has 2 unspecified atom stereocenters. The van der Waals surface area contributed by atoms with Gasteiger partial charge in [-0.05, 0) is 56.3 Å². The number of anilines is 1. The van der Waals surface area contributed by atoms with Crippen LogP contribution in [-0.2, 0) is 9.53 Å². The highest BCUT2D eigenvalue weighted by Gasteiger charge is 2.59. The molecule has 1 aromatic heterocycles. The number of amides is 2. The first-order valence-electron chi connectivity index (χ1n) is 10.3. The summed E-state index contributed by atoms with van der Waals surface area (Å²) < 4.78 is 6.01. The van der Waals surface area contributed by atoms with Gasteiger partial charge < -0.3 is 20.7 Å². The van der Waals surface area contributed by atoms with Crippen molar-refractivity contribution in [3.05, 3.63) is 11.1 Å². The molecule has 1 saturated heterocycles. The molecule has 8 nitrogen and oxygen atoms in total. The van der Waals surface area contributed by atoms with Crippen LogP contribution in [0.3, 0.4) is 0 Å². The predicted octanol–water partition coefficient (Wildman–Crippen LogP) is 2.32. The summed E-state index contributed by atoms with van der Waals surface area (Å²) in [4.78, 5) is 31.4. The second-order valence-corrected chi connectivity index (χ2v) is 10.2. The molecule has 6 rings (SSSR count). The van der Waals surface area contributed by atoms with Gasteiger partial charge in [0.1, 0.15) is 17.1 Å². The number of likely N-dealkylation sites (tertiary alicyclic amines) is 1. The molecule has 4 bridgehead atoms. The second-order valence-electron chi connectivity index (χ2n) is 9.18. The van der Waals surface area contributed by atoms with Crippen LogP contribution in [0.15, 0.2) is 6.20 Å². The lowest BCUT2D eigenvalue weighted by Crippen LogP contribution is -2.59. The van der Waals surface area contributed by atoms with Gasteiger partial charge in [0.15, 0.2) is 5.13 Å². The van der Waals surface area contributed by atoms with Gasteiger partial charge in [-0.25, -0.2) is 9.78 Å². The van der Waals surface area contributed by atoms with Crippen molar-refractivity contribution in [3.63, 3.8) is 0 Å². The quantitative estimate of drug-likeness (QED) is 0.778. The molecule has 2 amide bonds. The molecule has 4 saturated carbocycles. The number of hydrogen-bond acceptors (Lipinski definition) is 7. The van der Waals surface area contributed by atoms with E-state index >= 15 is 0 Å². The number of nitrogens with one attached hydrogen (secondary N) is 1. The van der Waals surface area contributed by atoms with Crippen LogP contribution in [0.5, 0.6) is 0 Å². The highest BCUT2D eigenvalue weighted by molar-refractivity contribution is 7.16. The number of primary amides is 1. The lowest BCUT2D eigenvalue weighted by atomic mass is 9.48. The SMILES string of the molecule is N#Cc1cnc(N[C@@H]2CCN(C(=O)OC3C4CC5CC3CC(C(N)=O)(C5)C4)C2)s1. The predicted molar refractivity (Wildman–Crippen MR) is 106 cm³/mol. The van der Waals surface area contributed by atoms with Gasteiger partial charge in [0.25, 0.3) is 0 Å². The zero-order valence-electron chi connectivity index (χ0n) is 16.2. The van der Waals surface area contributed by atoms with Gasteiger partial charge in [-0.3, -0.25) is 4.79 Å². The van der Waals surface area contributed by atoms with Crippen LogP contribution in [-0.4, -0.2) is 47.1 Å². The van der Waals surface area contributed by atoms with Gasteiger partial charge in [-0.15, -0.1) is 0 Å². The number of rotatable bonds is 4. The maximum absolute atomic E-state index is 12.8. The van der Waals surface area contributed by atoms with Gasteiger partial charge >= 0.3 is 6.09 Å². The number of thiazole rings is 1. The first kappa shape index (κ1) is 18.7. The molecule has 1 aromatic rings. The molecule has 0 spiro atoms. The maximum Gasteiger partial charge on any atom is 0.410 e. The van der Waals surface area contributed by atoms with Crippen LogP contribution in [0.4, 0.5) is 9.93 Å². The number of nitrogens with zero attached hydrogens (tertiary/aromatic N) is 3. The third kappa shape index (κ3) is 3.23. The Morgan fingerprint density at radius 1 is 1.34 bits per heavy atom. The van der Waals surface area contributed by atoms with Crippen LogP contribution < -0.4 is 11.1 Å². The van der Waals surface area contributed by atoms with Crippen LogP contribution in [0.1, 0.15) is 43.4 Å². The van der Waals surface area contributed by atoms with Crippen LogP contribution in [0.25, 0.3) is 0 Å². The van der Waals surface area contributed by atoms with E-state index in [9.17, 15) is 9.59 Å². The standard InChI is InChI=1S/C20H25N5O3S/c21-8-15-9-23-18(29-15)24-14-1-2-25(10-14)19(27)28-16-12-3-11-4-13(16)7-20(5-11,6-12)17(22)26/h9,11-14,16H,1-7,10H2,(H2,22,26)(H,23,24)/t11?,12?,13?,14-,16?,20?/m1/s1. The minimum atomic E-state index is -0.363. The minimum Gasteiger partial charge on any atom is -0.446 e. The lowest BCUT2D eigenvalue weighted by Gasteiger charge is -2.58. The Balaban J connectivity index is 1.19. The fourth-order valence-corrected chi connectivity index (χ4v) is 6.96. The van der Waals surface area contributed by atoms with Gasteiger partial charge in [0, 0.05) is 19.1 Å². The summed E-state index contributed by atoms with van der Waals surface area (Å²) in [6.07, 6.45) is 6.57. The summed E-state index contributed by atoms with van der Waals surface area (Å²) in [5, 5.41) is 12.9. The number of hydrogen-bond donors (Lipinski definition) is 2. The molecule has 154 valence electrons. The van der Waals surface area contributed by atoms with Crippen LogP contribution in [0, 0.1) is 34.5 Å². The molecular formula is C20H25N5O3S. The zero-order chi connectivity index (χ0) is 20.2. The Kier molecular flexibility index (Phi) is 4.42. The van der Waals surface area contributed by atoms with Crippen LogP contribution >= 0.6 is 11.3 Å². The Bertz CT molecular complexity index is 864. The average molecular weight is 416 g/mol. The van der Waals surface area contributed by atoms with Crippen molar-refractivity contribution >= 4 is 28.5 Å². The lowest BCUT2D eigenvalue weighted by molar-refractivity contribution is -0.161. The smallest absolute Gasteiger partial charge is 0.410 e. The topological polar surface area (TPSA) is 121 Å². The average Bonchev–Trinajstić information content (AvgIpc) is 3.33. The molecule has 4 aliphatic carbocycles. The van der Waals surface area contributed by atoms with E-state index in [1.165, 1.54) is 11.3 Å². The molecular weight excluding hydrogens is 390 g/mol. The first-order chi connectivity index (χ1) is 14.0. The van der Waals surface area contributed by atoms with Crippen molar-refractivity contribution in [1.29, 1.82) is 5.26 Å². The molecule has 3 atom stereocenters.